The van der Waals surface area contributed by atoms with Crippen molar-refractivity contribution in [2.45, 2.75) is 18.9 Å². The number of carboxylic acid groups (broad SMARTS) is 1. The summed E-state index contributed by atoms with van der Waals surface area (Å²) in [5.41, 5.74) is 7.63. The fourth-order valence-electron chi connectivity index (χ4n) is 1.64. The van der Waals surface area contributed by atoms with E-state index in [9.17, 15) is 9.59 Å². The number of aliphatic carboxylic acids is 1. The van der Waals surface area contributed by atoms with Gasteiger partial charge in [-0.1, -0.05) is 6.07 Å². The fourth-order valence-corrected chi connectivity index (χ4v) is 1.64. The molecular formula is C11H12N2O4. The van der Waals surface area contributed by atoms with Crippen LogP contribution >= 0.6 is 0 Å². The van der Waals surface area contributed by atoms with Crippen molar-refractivity contribution in [3.05, 3.63) is 34.3 Å². The number of fused-ring (bicyclic) bond motifs is 1. The molecule has 4 N–H and O–H groups in total. The number of aromatic amines is 1. The molecule has 2 rings (SSSR count). The molecule has 90 valence electrons. The Kier molecular flexibility index (Phi) is 2.97. The second kappa shape index (κ2) is 4.42. The van der Waals surface area contributed by atoms with Crippen molar-refractivity contribution in [3.63, 3.8) is 0 Å². The number of nitrogens with one attached hydrogen (secondary N) is 1. The van der Waals surface area contributed by atoms with Gasteiger partial charge in [0, 0.05) is 12.5 Å². The molecule has 1 aromatic heterocycles. The van der Waals surface area contributed by atoms with Crippen molar-refractivity contribution < 1.29 is 14.3 Å². The summed E-state index contributed by atoms with van der Waals surface area (Å²) >= 11 is 0. The van der Waals surface area contributed by atoms with Gasteiger partial charge in [0.05, 0.1) is 5.52 Å². The first kappa shape index (κ1) is 11.4. The van der Waals surface area contributed by atoms with Crippen molar-refractivity contribution >= 4 is 17.1 Å². The van der Waals surface area contributed by atoms with Crippen LogP contribution in [0.4, 0.5) is 0 Å². The molecule has 0 radical (unpaired) electrons. The van der Waals surface area contributed by atoms with Crippen LogP contribution in [0.2, 0.25) is 0 Å². The fraction of sp³-hybridized carbons (Fsp3) is 0.273. The highest BCUT2D eigenvalue weighted by molar-refractivity contribution is 5.73. The van der Waals surface area contributed by atoms with Crippen LogP contribution in [0.25, 0.3) is 11.1 Å². The number of H-pyrrole nitrogens is 1. The third-order valence-corrected chi connectivity index (χ3v) is 2.54. The molecule has 0 aliphatic heterocycles. The Morgan fingerprint density at radius 1 is 1.53 bits per heavy atom. The average Bonchev–Trinajstić information content (AvgIpc) is 2.64. The topological polar surface area (TPSA) is 109 Å². The molecule has 0 fully saturated rings. The van der Waals surface area contributed by atoms with Crippen LogP contribution in [-0.2, 0) is 4.79 Å². The summed E-state index contributed by atoms with van der Waals surface area (Å²) in [6.07, 6.45) is 0.353. The monoisotopic (exact) mass is 236 g/mol. The highest BCUT2D eigenvalue weighted by atomic mass is 16.4. The molecule has 0 bridgehead atoms. The van der Waals surface area contributed by atoms with Crippen LogP contribution in [0.1, 0.15) is 24.4 Å². The Morgan fingerprint density at radius 3 is 3.00 bits per heavy atom. The van der Waals surface area contributed by atoms with Crippen LogP contribution in [0, 0.1) is 0 Å². The number of aromatic nitrogens is 1. The van der Waals surface area contributed by atoms with E-state index in [1.165, 1.54) is 0 Å². The van der Waals surface area contributed by atoms with E-state index in [0.717, 1.165) is 5.56 Å². The second-order valence-corrected chi connectivity index (χ2v) is 3.81. The van der Waals surface area contributed by atoms with Crippen LogP contribution in [0.15, 0.2) is 27.4 Å². The van der Waals surface area contributed by atoms with Crippen molar-refractivity contribution in [2.24, 2.45) is 5.73 Å². The molecule has 0 saturated heterocycles. The van der Waals surface area contributed by atoms with Gasteiger partial charge < -0.3 is 15.3 Å². The molecule has 0 aliphatic rings. The highest BCUT2D eigenvalue weighted by Gasteiger charge is 2.10. The number of nitrogens with two attached hydrogens (primary N) is 1. The zero-order valence-corrected chi connectivity index (χ0v) is 8.97. The number of hydrogen-bond donors (Lipinski definition) is 3. The molecule has 0 aliphatic carbocycles. The molecule has 0 saturated carbocycles. The smallest absolute Gasteiger partial charge is 0.417 e. The van der Waals surface area contributed by atoms with E-state index in [-0.39, 0.29) is 12.5 Å². The Morgan fingerprint density at radius 2 is 2.29 bits per heavy atom. The largest absolute Gasteiger partial charge is 0.481 e. The second-order valence-electron chi connectivity index (χ2n) is 3.81. The van der Waals surface area contributed by atoms with Gasteiger partial charge in [0.2, 0.25) is 0 Å². The third kappa shape index (κ3) is 2.54. The molecule has 1 atom stereocenters. The van der Waals surface area contributed by atoms with Gasteiger partial charge in [0.25, 0.3) is 0 Å². The minimum atomic E-state index is -0.880. The van der Waals surface area contributed by atoms with Crippen LogP contribution < -0.4 is 11.5 Å². The lowest BCUT2D eigenvalue weighted by molar-refractivity contribution is -0.137. The summed E-state index contributed by atoms with van der Waals surface area (Å²) in [6.45, 7) is 0. The molecule has 1 aromatic carbocycles. The maximum absolute atomic E-state index is 11.0. The lowest BCUT2D eigenvalue weighted by Crippen LogP contribution is -2.12. The predicted molar refractivity (Wildman–Crippen MR) is 60.6 cm³/mol. The summed E-state index contributed by atoms with van der Waals surface area (Å²) in [5.74, 6) is -1.40. The van der Waals surface area contributed by atoms with Gasteiger partial charge in [0.15, 0.2) is 5.58 Å². The Hall–Kier alpha value is -2.08. The van der Waals surface area contributed by atoms with E-state index in [1.807, 2.05) is 0 Å². The van der Waals surface area contributed by atoms with E-state index in [0.29, 0.717) is 17.5 Å². The Balaban J connectivity index is 2.23. The average molecular weight is 236 g/mol. The summed E-state index contributed by atoms with van der Waals surface area (Å²) in [7, 11) is 0. The molecule has 1 unspecified atom stereocenters. The van der Waals surface area contributed by atoms with Crippen molar-refractivity contribution in [1.29, 1.82) is 0 Å². The van der Waals surface area contributed by atoms with E-state index < -0.39 is 11.7 Å². The normalized spacial score (nSPS) is 12.8. The molecule has 6 heteroatoms. The van der Waals surface area contributed by atoms with Crippen LogP contribution in [0.5, 0.6) is 0 Å². The molecule has 1 heterocycles. The van der Waals surface area contributed by atoms with E-state index in [1.54, 1.807) is 18.2 Å². The lowest BCUT2D eigenvalue weighted by Gasteiger charge is -2.09. The zero-order valence-electron chi connectivity index (χ0n) is 8.97. The highest BCUT2D eigenvalue weighted by Crippen LogP contribution is 2.20. The Labute approximate surface area is 96.0 Å². The van der Waals surface area contributed by atoms with Gasteiger partial charge in [-0.15, -0.1) is 0 Å². The Bertz CT molecular complexity index is 599. The van der Waals surface area contributed by atoms with Gasteiger partial charge >= 0.3 is 11.7 Å². The first-order valence-corrected chi connectivity index (χ1v) is 5.16. The van der Waals surface area contributed by atoms with Gasteiger partial charge in [-0.3, -0.25) is 9.78 Å². The van der Waals surface area contributed by atoms with Gasteiger partial charge in [0.1, 0.15) is 0 Å². The van der Waals surface area contributed by atoms with Gasteiger partial charge in [-0.05, 0) is 24.1 Å². The summed E-state index contributed by atoms with van der Waals surface area (Å²) in [6, 6.07) is 4.71. The van der Waals surface area contributed by atoms with Crippen molar-refractivity contribution in [3.8, 4) is 0 Å². The minimum absolute atomic E-state index is 0.0102. The molecular weight excluding hydrogens is 224 g/mol. The molecule has 17 heavy (non-hydrogen) atoms. The molecule has 2 aromatic rings. The lowest BCUT2D eigenvalue weighted by atomic mass is 10.0. The quantitative estimate of drug-likeness (QED) is 0.733. The number of carbonyl (C=O) groups is 1. The SMILES string of the molecule is NC(CCC(=O)O)c1ccc2[nH]c(=O)oc2c1. The standard InChI is InChI=1S/C11H12N2O4/c12-7(2-4-10(14)15)6-1-3-8-9(5-6)17-11(16)13-8/h1,3,5,7H,2,4,12H2,(H,13,16)(H,14,15). The third-order valence-electron chi connectivity index (χ3n) is 2.54. The number of oxazole rings is 1. The number of rotatable bonds is 4. The van der Waals surface area contributed by atoms with E-state index >= 15 is 0 Å². The maximum atomic E-state index is 11.0. The van der Waals surface area contributed by atoms with Crippen molar-refractivity contribution in [2.75, 3.05) is 0 Å². The molecule has 0 spiro atoms. The number of carboxylic acids is 1. The minimum Gasteiger partial charge on any atom is -0.481 e. The summed E-state index contributed by atoms with van der Waals surface area (Å²) < 4.78 is 4.90. The first-order valence-electron chi connectivity index (χ1n) is 5.16. The predicted octanol–water partition coefficient (Wildman–Crippen LogP) is 0.986. The first-order chi connectivity index (χ1) is 8.06. The molecule has 6 nitrogen and oxygen atoms in total. The van der Waals surface area contributed by atoms with Crippen LogP contribution in [0.3, 0.4) is 0 Å². The zero-order chi connectivity index (χ0) is 12.4. The van der Waals surface area contributed by atoms with E-state index in [4.69, 9.17) is 15.3 Å². The van der Waals surface area contributed by atoms with Gasteiger partial charge in [-0.25, -0.2) is 4.79 Å². The number of hydrogen-bond acceptors (Lipinski definition) is 4. The number of benzene rings is 1. The maximum Gasteiger partial charge on any atom is 0.417 e. The summed E-state index contributed by atoms with van der Waals surface area (Å²) in [4.78, 5) is 23.9. The van der Waals surface area contributed by atoms with Crippen molar-refractivity contribution in [1.82, 2.24) is 4.98 Å². The summed E-state index contributed by atoms with van der Waals surface area (Å²) in [5, 5.41) is 8.56. The van der Waals surface area contributed by atoms with Gasteiger partial charge in [-0.2, -0.15) is 0 Å². The van der Waals surface area contributed by atoms with E-state index in [2.05, 4.69) is 4.98 Å². The van der Waals surface area contributed by atoms with Crippen LogP contribution in [-0.4, -0.2) is 16.1 Å². The molecule has 0 amide bonds.